The van der Waals surface area contributed by atoms with Gasteiger partial charge in [-0.05, 0) is 41.9 Å². The van der Waals surface area contributed by atoms with Crippen LogP contribution in [-0.2, 0) is 0 Å². The molecule has 11 heavy (non-hydrogen) atoms. The van der Waals surface area contributed by atoms with E-state index in [0.717, 1.165) is 11.8 Å². The number of fused-ring (bicyclic) bond motifs is 2. The van der Waals surface area contributed by atoms with E-state index in [1.165, 1.54) is 19.3 Å². The van der Waals surface area contributed by atoms with Gasteiger partial charge in [0.05, 0.1) is 0 Å². The third-order valence-electron chi connectivity index (χ3n) is 4.32. The molecule has 0 N–H and O–H groups in total. The summed E-state index contributed by atoms with van der Waals surface area (Å²) in [6.07, 6.45) is 4.47. The standard InChI is InChI=1S/C11H20/c1-10(2)6-9-5-8(10)7-11(9,3)4/h8-9H,5-7H2,1-4H3. The Kier molecular flexibility index (Phi) is 1.28. The van der Waals surface area contributed by atoms with Crippen LogP contribution in [0.15, 0.2) is 0 Å². The van der Waals surface area contributed by atoms with Crippen molar-refractivity contribution in [1.29, 1.82) is 0 Å². The minimum Gasteiger partial charge on any atom is -0.0596 e. The molecule has 0 spiro atoms. The highest BCUT2D eigenvalue weighted by Gasteiger charge is 2.53. The highest BCUT2D eigenvalue weighted by molar-refractivity contribution is 5.03. The Balaban J connectivity index is 2.21. The fourth-order valence-electron chi connectivity index (χ4n) is 3.30. The second kappa shape index (κ2) is 1.84. The lowest BCUT2D eigenvalue weighted by atomic mass is 9.67. The molecular formula is C11H20. The molecule has 64 valence electrons. The van der Waals surface area contributed by atoms with Gasteiger partial charge in [-0.1, -0.05) is 27.7 Å². The van der Waals surface area contributed by atoms with E-state index in [9.17, 15) is 0 Å². The molecule has 0 nitrogen and oxygen atoms in total. The summed E-state index contributed by atoms with van der Waals surface area (Å²) in [5.74, 6) is 2.06. The van der Waals surface area contributed by atoms with Gasteiger partial charge in [0.15, 0.2) is 0 Å². The average molecular weight is 152 g/mol. The Bertz CT molecular complexity index is 156. The van der Waals surface area contributed by atoms with Crippen LogP contribution >= 0.6 is 0 Å². The van der Waals surface area contributed by atoms with Gasteiger partial charge in [0, 0.05) is 0 Å². The van der Waals surface area contributed by atoms with Crippen LogP contribution in [0.3, 0.4) is 0 Å². The summed E-state index contributed by atoms with van der Waals surface area (Å²) >= 11 is 0. The fourth-order valence-corrected chi connectivity index (χ4v) is 3.30. The van der Waals surface area contributed by atoms with Crippen LogP contribution < -0.4 is 0 Å². The average Bonchev–Trinajstić information content (AvgIpc) is 2.18. The third kappa shape index (κ3) is 0.947. The molecular weight excluding hydrogens is 132 g/mol. The van der Waals surface area contributed by atoms with E-state index in [-0.39, 0.29) is 0 Å². The number of rotatable bonds is 0. The summed E-state index contributed by atoms with van der Waals surface area (Å²) in [6, 6.07) is 0. The summed E-state index contributed by atoms with van der Waals surface area (Å²) in [5, 5.41) is 0. The van der Waals surface area contributed by atoms with Crippen molar-refractivity contribution in [2.45, 2.75) is 47.0 Å². The Labute approximate surface area is 70.4 Å². The van der Waals surface area contributed by atoms with E-state index in [1.807, 2.05) is 0 Å². The Morgan fingerprint density at radius 3 is 1.36 bits per heavy atom. The zero-order valence-electron chi connectivity index (χ0n) is 8.28. The molecule has 0 aromatic rings. The van der Waals surface area contributed by atoms with Crippen LogP contribution in [0, 0.1) is 22.7 Å². The molecule has 0 heterocycles. The minimum absolute atomic E-state index is 0.667. The van der Waals surface area contributed by atoms with Crippen molar-refractivity contribution in [1.82, 2.24) is 0 Å². The quantitative estimate of drug-likeness (QED) is 0.498. The van der Waals surface area contributed by atoms with Crippen molar-refractivity contribution < 1.29 is 0 Å². The summed E-state index contributed by atoms with van der Waals surface area (Å²) in [4.78, 5) is 0. The van der Waals surface area contributed by atoms with Gasteiger partial charge in [0.2, 0.25) is 0 Å². The molecule has 2 unspecified atom stereocenters. The van der Waals surface area contributed by atoms with Crippen LogP contribution in [0.1, 0.15) is 47.0 Å². The molecule has 0 aromatic heterocycles. The zero-order chi connectivity index (χ0) is 8.28. The van der Waals surface area contributed by atoms with E-state index in [1.54, 1.807) is 0 Å². The minimum atomic E-state index is 0.667. The van der Waals surface area contributed by atoms with Crippen LogP contribution in [0.4, 0.5) is 0 Å². The summed E-state index contributed by atoms with van der Waals surface area (Å²) < 4.78 is 0. The fraction of sp³-hybridized carbons (Fsp3) is 1.00. The summed E-state index contributed by atoms with van der Waals surface area (Å²) in [6.45, 7) is 9.81. The smallest absolute Gasteiger partial charge is 0.0323 e. The van der Waals surface area contributed by atoms with E-state index in [4.69, 9.17) is 0 Å². The van der Waals surface area contributed by atoms with Gasteiger partial charge in [-0.25, -0.2) is 0 Å². The summed E-state index contributed by atoms with van der Waals surface area (Å²) in [5.41, 5.74) is 1.33. The molecule has 0 saturated heterocycles. The number of hydrogen-bond acceptors (Lipinski definition) is 0. The van der Waals surface area contributed by atoms with Crippen molar-refractivity contribution in [3.8, 4) is 0 Å². The highest BCUT2D eigenvalue weighted by Crippen LogP contribution is 2.62. The molecule has 0 radical (unpaired) electrons. The number of hydrogen-bond donors (Lipinski definition) is 0. The van der Waals surface area contributed by atoms with E-state index in [2.05, 4.69) is 27.7 Å². The molecule has 0 aliphatic heterocycles. The van der Waals surface area contributed by atoms with Gasteiger partial charge in [-0.15, -0.1) is 0 Å². The van der Waals surface area contributed by atoms with Gasteiger partial charge in [0.1, 0.15) is 0 Å². The zero-order valence-corrected chi connectivity index (χ0v) is 8.28. The molecule has 2 aliphatic carbocycles. The van der Waals surface area contributed by atoms with Gasteiger partial charge >= 0.3 is 0 Å². The lowest BCUT2D eigenvalue weighted by molar-refractivity contribution is 0.117. The highest BCUT2D eigenvalue weighted by atomic mass is 14.6. The monoisotopic (exact) mass is 152 g/mol. The van der Waals surface area contributed by atoms with Crippen molar-refractivity contribution >= 4 is 0 Å². The SMILES string of the molecule is CC1(C)CC2CC1CC2(C)C. The topological polar surface area (TPSA) is 0 Å². The molecule has 0 heteroatoms. The predicted molar refractivity (Wildman–Crippen MR) is 48.4 cm³/mol. The predicted octanol–water partition coefficient (Wildman–Crippen LogP) is 3.47. The second-order valence-electron chi connectivity index (χ2n) is 6.01. The molecule has 2 rings (SSSR count). The lowest BCUT2D eigenvalue weighted by Gasteiger charge is -2.38. The Morgan fingerprint density at radius 2 is 1.18 bits per heavy atom. The first-order valence-electron chi connectivity index (χ1n) is 4.92. The van der Waals surface area contributed by atoms with Gasteiger partial charge < -0.3 is 0 Å². The van der Waals surface area contributed by atoms with Gasteiger partial charge in [-0.2, -0.15) is 0 Å². The molecule has 0 aromatic carbocycles. The Morgan fingerprint density at radius 1 is 0.818 bits per heavy atom. The molecule has 2 fully saturated rings. The van der Waals surface area contributed by atoms with E-state index >= 15 is 0 Å². The van der Waals surface area contributed by atoms with Gasteiger partial charge in [-0.3, -0.25) is 0 Å². The molecule has 2 saturated carbocycles. The first-order chi connectivity index (χ1) is 4.92. The molecule has 2 bridgehead atoms. The van der Waals surface area contributed by atoms with Crippen molar-refractivity contribution in [2.24, 2.45) is 22.7 Å². The largest absolute Gasteiger partial charge is 0.0596 e. The van der Waals surface area contributed by atoms with Crippen molar-refractivity contribution in [2.75, 3.05) is 0 Å². The first kappa shape index (κ1) is 7.64. The van der Waals surface area contributed by atoms with Crippen LogP contribution in [-0.4, -0.2) is 0 Å². The maximum Gasteiger partial charge on any atom is -0.0323 e. The van der Waals surface area contributed by atoms with E-state index < -0.39 is 0 Å². The van der Waals surface area contributed by atoms with Crippen LogP contribution in [0.2, 0.25) is 0 Å². The van der Waals surface area contributed by atoms with Crippen molar-refractivity contribution in [3.05, 3.63) is 0 Å². The lowest BCUT2D eigenvalue weighted by Crippen LogP contribution is -2.29. The van der Waals surface area contributed by atoms with E-state index in [0.29, 0.717) is 10.8 Å². The van der Waals surface area contributed by atoms with Crippen molar-refractivity contribution in [3.63, 3.8) is 0 Å². The third-order valence-corrected chi connectivity index (χ3v) is 4.32. The molecule has 2 atom stereocenters. The Hall–Kier alpha value is 0. The molecule has 0 amide bonds. The van der Waals surface area contributed by atoms with Gasteiger partial charge in [0.25, 0.3) is 0 Å². The first-order valence-corrected chi connectivity index (χ1v) is 4.92. The van der Waals surface area contributed by atoms with Crippen LogP contribution in [0.5, 0.6) is 0 Å². The normalized spacial score (nSPS) is 44.7. The maximum absolute atomic E-state index is 2.45. The maximum atomic E-state index is 2.45. The second-order valence-corrected chi connectivity index (χ2v) is 6.01. The summed E-state index contributed by atoms with van der Waals surface area (Å²) in [7, 11) is 0. The van der Waals surface area contributed by atoms with Crippen LogP contribution in [0.25, 0.3) is 0 Å². The molecule has 2 aliphatic rings.